The minimum absolute atomic E-state index is 0.0820. The Kier molecular flexibility index (Phi) is 5.86. The third-order valence-electron chi connectivity index (χ3n) is 4.76. The molecule has 2 aromatic rings. The van der Waals surface area contributed by atoms with Crippen LogP contribution in [-0.4, -0.2) is 43.5 Å². The van der Waals surface area contributed by atoms with E-state index in [-0.39, 0.29) is 23.1 Å². The zero-order valence-corrected chi connectivity index (χ0v) is 17.3. The van der Waals surface area contributed by atoms with Crippen molar-refractivity contribution in [2.75, 3.05) is 19.4 Å². The van der Waals surface area contributed by atoms with Crippen molar-refractivity contribution in [3.63, 3.8) is 0 Å². The first-order valence-electron chi connectivity index (χ1n) is 9.08. The molecule has 0 saturated heterocycles. The average Bonchev–Trinajstić information content (AvgIpc) is 2.68. The number of rotatable bonds is 5. The number of anilines is 1. The molecule has 1 aliphatic heterocycles. The van der Waals surface area contributed by atoms with Gasteiger partial charge in [0.1, 0.15) is 0 Å². The molecule has 0 aromatic heterocycles. The second-order valence-corrected chi connectivity index (χ2v) is 9.10. The zero-order chi connectivity index (χ0) is 21.2. The SMILES string of the molecule is CC(=O)N1C=Cc2ccccc2[C@H]1CC(=O)Nc1ccc(S(=O)(=O)N(C)C)cc1. The minimum atomic E-state index is -3.53. The highest BCUT2D eigenvalue weighted by atomic mass is 32.2. The summed E-state index contributed by atoms with van der Waals surface area (Å²) in [6, 6.07) is 13.2. The normalized spacial score (nSPS) is 15.9. The number of sulfonamides is 1. The van der Waals surface area contributed by atoms with Crippen molar-refractivity contribution in [2.24, 2.45) is 0 Å². The van der Waals surface area contributed by atoms with E-state index < -0.39 is 16.1 Å². The molecular formula is C21H23N3O4S. The van der Waals surface area contributed by atoms with Gasteiger partial charge in [0, 0.05) is 32.9 Å². The molecule has 3 rings (SSSR count). The van der Waals surface area contributed by atoms with Crippen LogP contribution in [0.2, 0.25) is 0 Å². The molecule has 0 bridgehead atoms. The van der Waals surface area contributed by atoms with Crippen LogP contribution in [0.3, 0.4) is 0 Å². The van der Waals surface area contributed by atoms with Crippen LogP contribution in [0.1, 0.15) is 30.5 Å². The summed E-state index contributed by atoms with van der Waals surface area (Å²) in [6.07, 6.45) is 3.64. The summed E-state index contributed by atoms with van der Waals surface area (Å²) in [5, 5.41) is 2.78. The van der Waals surface area contributed by atoms with Gasteiger partial charge in [-0.1, -0.05) is 24.3 Å². The Morgan fingerprint density at radius 3 is 2.34 bits per heavy atom. The van der Waals surface area contributed by atoms with Crippen molar-refractivity contribution in [2.45, 2.75) is 24.3 Å². The van der Waals surface area contributed by atoms with Crippen LogP contribution in [0.15, 0.2) is 59.6 Å². The molecule has 1 N–H and O–H groups in total. The Labute approximate surface area is 170 Å². The van der Waals surface area contributed by atoms with Gasteiger partial charge < -0.3 is 10.2 Å². The van der Waals surface area contributed by atoms with Crippen molar-refractivity contribution in [1.29, 1.82) is 0 Å². The lowest BCUT2D eigenvalue weighted by Crippen LogP contribution is -2.33. The van der Waals surface area contributed by atoms with E-state index in [2.05, 4.69) is 5.32 Å². The largest absolute Gasteiger partial charge is 0.326 e. The first-order valence-corrected chi connectivity index (χ1v) is 10.5. The van der Waals surface area contributed by atoms with Gasteiger partial charge in [-0.05, 0) is 41.5 Å². The third kappa shape index (κ3) is 4.38. The summed E-state index contributed by atoms with van der Waals surface area (Å²) in [5.41, 5.74) is 2.37. The second kappa shape index (κ2) is 8.18. The molecule has 0 unspecified atom stereocenters. The topological polar surface area (TPSA) is 86.8 Å². The Morgan fingerprint density at radius 1 is 1.07 bits per heavy atom. The molecule has 2 aromatic carbocycles. The molecule has 8 heteroatoms. The number of carbonyl (C=O) groups is 2. The van der Waals surface area contributed by atoms with Crippen LogP contribution in [-0.2, 0) is 19.6 Å². The molecule has 0 spiro atoms. The first kappa shape index (κ1) is 20.8. The lowest BCUT2D eigenvalue weighted by atomic mass is 9.93. The van der Waals surface area contributed by atoms with E-state index in [9.17, 15) is 18.0 Å². The van der Waals surface area contributed by atoms with E-state index in [1.54, 1.807) is 23.2 Å². The quantitative estimate of drug-likeness (QED) is 0.817. The van der Waals surface area contributed by atoms with Crippen molar-refractivity contribution < 1.29 is 18.0 Å². The van der Waals surface area contributed by atoms with Gasteiger partial charge >= 0.3 is 0 Å². The summed E-state index contributed by atoms with van der Waals surface area (Å²) in [5.74, 6) is -0.415. The molecule has 0 aliphatic carbocycles. The first-order chi connectivity index (χ1) is 13.7. The fraction of sp³-hybridized carbons (Fsp3) is 0.238. The highest BCUT2D eigenvalue weighted by molar-refractivity contribution is 7.89. The van der Waals surface area contributed by atoms with Gasteiger partial charge in [0.25, 0.3) is 0 Å². The number of fused-ring (bicyclic) bond motifs is 1. The van der Waals surface area contributed by atoms with Crippen LogP contribution in [0.4, 0.5) is 5.69 Å². The van der Waals surface area contributed by atoms with Crippen molar-refractivity contribution in [1.82, 2.24) is 9.21 Å². The Bertz CT molecular complexity index is 1060. The number of hydrogen-bond acceptors (Lipinski definition) is 4. The fourth-order valence-corrected chi connectivity index (χ4v) is 4.12. The van der Waals surface area contributed by atoms with Gasteiger partial charge in [-0.15, -0.1) is 0 Å². The van der Waals surface area contributed by atoms with Gasteiger partial charge in [0.2, 0.25) is 21.8 Å². The molecule has 0 radical (unpaired) electrons. The number of hydrogen-bond donors (Lipinski definition) is 1. The number of benzene rings is 2. The van der Waals surface area contributed by atoms with Crippen LogP contribution >= 0.6 is 0 Å². The van der Waals surface area contributed by atoms with Crippen LogP contribution < -0.4 is 5.32 Å². The van der Waals surface area contributed by atoms with Gasteiger partial charge in [-0.2, -0.15) is 0 Å². The van der Waals surface area contributed by atoms with Crippen LogP contribution in [0, 0.1) is 0 Å². The summed E-state index contributed by atoms with van der Waals surface area (Å²) >= 11 is 0. The smallest absolute Gasteiger partial charge is 0.242 e. The standard InChI is InChI=1S/C21H23N3O4S/c1-15(25)24-13-12-16-6-4-5-7-19(16)20(24)14-21(26)22-17-8-10-18(11-9-17)29(27,28)23(2)3/h4-13,20H,14H2,1-3H3,(H,22,26)/t20-/m1/s1. The highest BCUT2D eigenvalue weighted by Gasteiger charge is 2.28. The predicted molar refractivity (Wildman–Crippen MR) is 111 cm³/mol. The second-order valence-electron chi connectivity index (χ2n) is 6.95. The maximum absolute atomic E-state index is 12.6. The monoisotopic (exact) mass is 413 g/mol. The minimum Gasteiger partial charge on any atom is -0.326 e. The lowest BCUT2D eigenvalue weighted by Gasteiger charge is -2.32. The summed E-state index contributed by atoms with van der Waals surface area (Å²) in [7, 11) is -0.605. The van der Waals surface area contributed by atoms with Gasteiger partial charge in [0.05, 0.1) is 17.4 Å². The number of nitrogens with one attached hydrogen (secondary N) is 1. The van der Waals surface area contributed by atoms with Gasteiger partial charge in [-0.25, -0.2) is 12.7 Å². The lowest BCUT2D eigenvalue weighted by molar-refractivity contribution is -0.129. The molecule has 2 amide bonds. The Balaban J connectivity index is 1.76. The van der Waals surface area contributed by atoms with Gasteiger partial charge in [0.15, 0.2) is 0 Å². The highest BCUT2D eigenvalue weighted by Crippen LogP contribution is 2.33. The number of nitrogens with zero attached hydrogens (tertiary/aromatic N) is 2. The predicted octanol–water partition coefficient (Wildman–Crippen LogP) is 2.84. The average molecular weight is 413 g/mol. The van der Waals surface area contributed by atoms with E-state index >= 15 is 0 Å². The van der Waals surface area contributed by atoms with E-state index in [1.165, 1.54) is 33.2 Å². The van der Waals surface area contributed by atoms with Gasteiger partial charge in [-0.3, -0.25) is 9.59 Å². The maximum atomic E-state index is 12.6. The third-order valence-corrected chi connectivity index (χ3v) is 6.59. The molecule has 1 atom stereocenters. The van der Waals surface area contributed by atoms with E-state index in [1.807, 2.05) is 30.3 Å². The molecule has 7 nitrogen and oxygen atoms in total. The molecule has 1 heterocycles. The van der Waals surface area contributed by atoms with E-state index in [0.29, 0.717) is 5.69 Å². The maximum Gasteiger partial charge on any atom is 0.242 e. The number of amides is 2. The summed E-state index contributed by atoms with van der Waals surface area (Å²) < 4.78 is 25.4. The summed E-state index contributed by atoms with van der Waals surface area (Å²) in [4.78, 5) is 26.4. The fourth-order valence-electron chi connectivity index (χ4n) is 3.22. The molecule has 152 valence electrons. The molecular weight excluding hydrogens is 390 g/mol. The Hall–Kier alpha value is -2.97. The van der Waals surface area contributed by atoms with Crippen molar-refractivity contribution in [3.8, 4) is 0 Å². The summed E-state index contributed by atoms with van der Waals surface area (Å²) in [6.45, 7) is 1.47. The van der Waals surface area contributed by atoms with E-state index in [4.69, 9.17) is 0 Å². The van der Waals surface area contributed by atoms with Crippen molar-refractivity contribution >= 4 is 33.6 Å². The van der Waals surface area contributed by atoms with Crippen molar-refractivity contribution in [3.05, 3.63) is 65.9 Å². The van der Waals surface area contributed by atoms with Crippen LogP contribution in [0.25, 0.3) is 6.08 Å². The molecule has 0 fully saturated rings. The molecule has 1 aliphatic rings. The number of carbonyl (C=O) groups excluding carboxylic acids is 2. The zero-order valence-electron chi connectivity index (χ0n) is 16.5. The molecule has 29 heavy (non-hydrogen) atoms. The molecule has 0 saturated carbocycles. The Morgan fingerprint density at radius 2 is 1.72 bits per heavy atom. The van der Waals surface area contributed by atoms with E-state index in [0.717, 1.165) is 15.4 Å². The van der Waals surface area contributed by atoms with Crippen LogP contribution in [0.5, 0.6) is 0 Å².